The maximum absolute atomic E-state index is 2.58. The molecule has 0 radical (unpaired) electrons. The van der Waals surface area contributed by atoms with Crippen LogP contribution in [0.4, 0.5) is 0 Å². The topological polar surface area (TPSA) is 6.48 Å². The summed E-state index contributed by atoms with van der Waals surface area (Å²) in [7, 11) is 0. The van der Waals surface area contributed by atoms with Crippen LogP contribution in [0.2, 0.25) is 0 Å². The van der Waals surface area contributed by atoms with E-state index in [1.165, 1.54) is 12.8 Å². The normalized spacial score (nSPS) is 19.7. The monoisotopic (exact) mass is 379 g/mol. The van der Waals surface area contributed by atoms with E-state index in [0.29, 0.717) is 12.1 Å². The standard InChI is InChI=1S/2C11H18N.V/c2*1-4-12(5-2)10(3)11-8-6-7-9-11;/h2*6,8,10H,4-5,7H2,1-3H3;. The van der Waals surface area contributed by atoms with Gasteiger partial charge in [-0.25, -0.2) is 0 Å². The molecule has 0 heterocycles. The molecule has 0 amide bonds. The molecule has 0 bridgehead atoms. The molecular weight excluding hydrogens is 343 g/mol. The van der Waals surface area contributed by atoms with Crippen LogP contribution in [0.5, 0.6) is 0 Å². The molecule has 0 saturated carbocycles. The zero-order chi connectivity index (χ0) is 18.4. The average Bonchev–Trinajstić information content (AvgIpc) is 3.26. The quantitative estimate of drug-likeness (QED) is 0.529. The molecule has 0 aromatic carbocycles. The third kappa shape index (κ3) is 4.80. The Hall–Kier alpha value is -0.536. The Morgan fingerprint density at radius 1 is 0.760 bits per heavy atom. The summed E-state index contributed by atoms with van der Waals surface area (Å²) in [6.45, 7) is 18.4. The van der Waals surface area contributed by atoms with E-state index in [-0.39, 0.29) is 16.3 Å². The van der Waals surface area contributed by atoms with E-state index < -0.39 is 0 Å². The number of likely N-dealkylation sites (N-methyl/N-ethyl adjacent to an activating group) is 2. The van der Waals surface area contributed by atoms with Crippen LogP contribution in [0.25, 0.3) is 0 Å². The summed E-state index contributed by atoms with van der Waals surface area (Å²) in [6.07, 6.45) is 11.9. The molecule has 0 fully saturated rings. The first kappa shape index (κ1) is 20.8. The van der Waals surface area contributed by atoms with Crippen LogP contribution in [0.1, 0.15) is 54.4 Å². The first-order valence-corrected chi connectivity index (χ1v) is 11.5. The van der Waals surface area contributed by atoms with Crippen molar-refractivity contribution in [3.8, 4) is 0 Å². The zero-order valence-electron chi connectivity index (χ0n) is 17.0. The first-order valence-electron chi connectivity index (χ1n) is 10.1. The number of hydrogen-bond acceptors (Lipinski definition) is 2. The molecule has 2 aliphatic rings. The van der Waals surface area contributed by atoms with Crippen molar-refractivity contribution in [3.05, 3.63) is 44.0 Å². The summed E-state index contributed by atoms with van der Waals surface area (Å²) in [5.74, 6) is 0. The summed E-state index contributed by atoms with van der Waals surface area (Å²) >= 11 is 0.153. The van der Waals surface area contributed by atoms with Crippen molar-refractivity contribution < 1.29 is 16.3 Å². The Labute approximate surface area is 162 Å². The third-order valence-corrected chi connectivity index (χ3v) is 7.99. The van der Waals surface area contributed by atoms with Crippen molar-refractivity contribution in [3.63, 3.8) is 0 Å². The van der Waals surface area contributed by atoms with E-state index in [2.05, 4.69) is 75.6 Å². The van der Waals surface area contributed by atoms with Gasteiger partial charge in [-0.2, -0.15) is 0 Å². The molecule has 0 aromatic rings. The van der Waals surface area contributed by atoms with Crippen LogP contribution in [-0.4, -0.2) is 48.1 Å². The van der Waals surface area contributed by atoms with Crippen molar-refractivity contribution >= 4 is 0 Å². The Morgan fingerprint density at radius 2 is 1.12 bits per heavy atom. The molecule has 2 rings (SSSR count). The average molecular weight is 379 g/mol. The van der Waals surface area contributed by atoms with Gasteiger partial charge in [0.1, 0.15) is 0 Å². The Balaban J connectivity index is 2.21. The molecular formula is C22H36N2V. The van der Waals surface area contributed by atoms with Crippen molar-refractivity contribution in [2.24, 2.45) is 0 Å². The fraction of sp³-hybridized carbons (Fsp3) is 0.636. The molecule has 2 nitrogen and oxygen atoms in total. The van der Waals surface area contributed by atoms with Crippen molar-refractivity contribution in [1.82, 2.24) is 9.80 Å². The number of nitrogens with zero attached hydrogens (tertiary/aromatic N) is 2. The molecule has 2 atom stereocenters. The second kappa shape index (κ2) is 9.97. The molecule has 2 unspecified atom stereocenters. The van der Waals surface area contributed by atoms with Gasteiger partial charge in [-0.1, -0.05) is 0 Å². The van der Waals surface area contributed by atoms with E-state index in [9.17, 15) is 0 Å². The van der Waals surface area contributed by atoms with Crippen molar-refractivity contribution in [2.75, 3.05) is 26.2 Å². The van der Waals surface area contributed by atoms with Gasteiger partial charge in [-0.05, 0) is 0 Å². The Bertz CT molecular complexity index is 513. The van der Waals surface area contributed by atoms with Gasteiger partial charge in [-0.3, -0.25) is 0 Å². The molecule has 3 heteroatoms. The SMILES string of the molecule is CCN(CC)C(C)C1=[C]([V][C]2=C(C(C)N(CC)CC)C=CC2)CC=C1. The van der Waals surface area contributed by atoms with Crippen LogP contribution in [0.15, 0.2) is 44.0 Å². The molecule has 25 heavy (non-hydrogen) atoms. The van der Waals surface area contributed by atoms with Gasteiger partial charge < -0.3 is 0 Å². The van der Waals surface area contributed by atoms with E-state index >= 15 is 0 Å². The van der Waals surface area contributed by atoms with Crippen LogP contribution < -0.4 is 0 Å². The van der Waals surface area contributed by atoms with Gasteiger partial charge in [0, 0.05) is 0 Å². The Kier molecular flexibility index (Phi) is 8.28. The van der Waals surface area contributed by atoms with Gasteiger partial charge in [0.15, 0.2) is 0 Å². The molecule has 139 valence electrons. The predicted octanol–water partition coefficient (Wildman–Crippen LogP) is 4.96. The summed E-state index contributed by atoms with van der Waals surface area (Å²) in [6, 6.07) is 1.11. The van der Waals surface area contributed by atoms with E-state index in [4.69, 9.17) is 0 Å². The Morgan fingerprint density at radius 3 is 1.44 bits per heavy atom. The van der Waals surface area contributed by atoms with Crippen LogP contribution >= 0.6 is 0 Å². The summed E-state index contributed by atoms with van der Waals surface area (Å²) in [5, 5.41) is 0. The molecule has 0 N–H and O–H groups in total. The van der Waals surface area contributed by atoms with Gasteiger partial charge in [0.05, 0.1) is 0 Å². The summed E-state index contributed by atoms with van der Waals surface area (Å²) in [5.41, 5.74) is 3.22. The van der Waals surface area contributed by atoms with E-state index in [1.54, 1.807) is 19.7 Å². The van der Waals surface area contributed by atoms with Crippen LogP contribution in [0, 0.1) is 0 Å². The number of hydrogen-bond donors (Lipinski definition) is 0. The third-order valence-electron chi connectivity index (χ3n) is 5.77. The fourth-order valence-electron chi connectivity index (χ4n) is 4.10. The minimum atomic E-state index is 0.153. The van der Waals surface area contributed by atoms with Gasteiger partial charge in [-0.15, -0.1) is 0 Å². The zero-order valence-corrected chi connectivity index (χ0v) is 18.4. The van der Waals surface area contributed by atoms with E-state index in [0.717, 1.165) is 26.2 Å². The molecule has 2 aliphatic carbocycles. The molecule has 0 saturated heterocycles. The fourth-order valence-corrected chi connectivity index (χ4v) is 6.45. The summed E-state index contributed by atoms with van der Waals surface area (Å²) in [4.78, 5) is 5.15. The van der Waals surface area contributed by atoms with Crippen LogP contribution in [0.3, 0.4) is 0 Å². The predicted molar refractivity (Wildman–Crippen MR) is 106 cm³/mol. The first-order chi connectivity index (χ1) is 12.1. The molecule has 0 aromatic heterocycles. The van der Waals surface area contributed by atoms with Gasteiger partial charge in [0.2, 0.25) is 0 Å². The van der Waals surface area contributed by atoms with Crippen molar-refractivity contribution in [2.45, 2.75) is 66.5 Å². The number of allylic oxidation sites excluding steroid dienone is 4. The minimum absolute atomic E-state index is 0.153. The van der Waals surface area contributed by atoms with E-state index in [1.807, 2.05) is 0 Å². The number of rotatable bonds is 10. The van der Waals surface area contributed by atoms with Crippen LogP contribution in [-0.2, 0) is 16.3 Å². The maximum atomic E-state index is 2.58. The second-order valence-corrected chi connectivity index (χ2v) is 8.96. The summed E-state index contributed by atoms with van der Waals surface area (Å²) < 4.78 is 3.47. The van der Waals surface area contributed by atoms with Crippen molar-refractivity contribution in [1.29, 1.82) is 0 Å². The molecule has 0 aliphatic heterocycles. The van der Waals surface area contributed by atoms with Gasteiger partial charge in [0.25, 0.3) is 0 Å². The second-order valence-electron chi connectivity index (χ2n) is 6.92. The molecule has 0 spiro atoms. The van der Waals surface area contributed by atoms with Gasteiger partial charge >= 0.3 is 163 Å².